The van der Waals surface area contributed by atoms with Crippen LogP contribution in [0, 0.1) is 6.92 Å². The lowest BCUT2D eigenvalue weighted by atomic mass is 10.2. The van der Waals surface area contributed by atoms with Gasteiger partial charge in [0.05, 0.1) is 1.37 Å². The van der Waals surface area contributed by atoms with Crippen molar-refractivity contribution in [3.8, 4) is 0 Å². The van der Waals surface area contributed by atoms with Crippen LogP contribution in [0.2, 0.25) is 0 Å². The van der Waals surface area contributed by atoms with E-state index in [9.17, 15) is 0 Å². The van der Waals surface area contributed by atoms with E-state index >= 15 is 0 Å². The van der Waals surface area contributed by atoms with Gasteiger partial charge >= 0.3 is 0 Å². The van der Waals surface area contributed by atoms with Gasteiger partial charge in [-0.05, 0) is 30.0 Å². The van der Waals surface area contributed by atoms with E-state index in [4.69, 9.17) is 1.37 Å². The number of hydrogen-bond donors (Lipinski definition) is 1. The van der Waals surface area contributed by atoms with Crippen LogP contribution in [-0.2, 0) is 0 Å². The Kier molecular flexibility index (Phi) is 0.853. The first-order chi connectivity index (χ1) is 5.27. The minimum absolute atomic E-state index is 0.569. The van der Waals surface area contributed by atoms with Crippen LogP contribution in [-0.4, -0.2) is 4.98 Å². The highest BCUT2D eigenvalue weighted by Crippen LogP contribution is 2.12. The van der Waals surface area contributed by atoms with E-state index < -0.39 is 0 Å². The predicted molar refractivity (Wildman–Crippen MR) is 43.0 cm³/mol. The molecule has 1 heterocycles. The van der Waals surface area contributed by atoms with Gasteiger partial charge in [0.2, 0.25) is 0 Å². The van der Waals surface area contributed by atoms with Gasteiger partial charge < -0.3 is 4.98 Å². The molecular formula is C9H9N. The van der Waals surface area contributed by atoms with Gasteiger partial charge in [-0.3, -0.25) is 0 Å². The molecule has 0 fully saturated rings. The van der Waals surface area contributed by atoms with Gasteiger partial charge in [-0.25, -0.2) is 0 Å². The smallest absolute Gasteiger partial charge is 0.0645 e. The van der Waals surface area contributed by atoms with E-state index in [2.05, 4.69) is 4.98 Å². The fourth-order valence-corrected chi connectivity index (χ4v) is 1.09. The summed E-state index contributed by atoms with van der Waals surface area (Å²) >= 11 is 0. The number of nitrogens with one attached hydrogen (secondary N) is 1. The molecule has 0 aliphatic carbocycles. The zero-order valence-corrected chi connectivity index (χ0v) is 5.81. The Morgan fingerprint density at radius 1 is 1.50 bits per heavy atom. The predicted octanol–water partition coefficient (Wildman–Crippen LogP) is 2.48. The van der Waals surface area contributed by atoms with Crippen molar-refractivity contribution in [3.05, 3.63) is 36.0 Å². The van der Waals surface area contributed by atoms with Gasteiger partial charge in [-0.2, -0.15) is 0 Å². The van der Waals surface area contributed by atoms with Crippen molar-refractivity contribution in [3.63, 3.8) is 0 Å². The molecule has 0 atom stereocenters. The van der Waals surface area contributed by atoms with Crippen LogP contribution < -0.4 is 0 Å². The minimum atomic E-state index is 0.569. The van der Waals surface area contributed by atoms with Crippen LogP contribution in [0.25, 0.3) is 10.9 Å². The normalized spacial score (nSPS) is 11.9. The maximum absolute atomic E-state index is 7.48. The molecule has 10 heavy (non-hydrogen) atoms. The van der Waals surface area contributed by atoms with Crippen LogP contribution in [0.5, 0.6) is 0 Å². The molecule has 0 bridgehead atoms. The molecule has 1 aromatic carbocycles. The van der Waals surface area contributed by atoms with Crippen LogP contribution >= 0.6 is 0 Å². The number of benzene rings is 1. The second kappa shape index (κ2) is 1.87. The Balaban J connectivity index is 2.86. The highest BCUT2D eigenvalue weighted by atomic mass is 14.7. The van der Waals surface area contributed by atoms with Crippen molar-refractivity contribution in [1.82, 2.24) is 4.98 Å². The highest BCUT2D eigenvalue weighted by Gasteiger charge is 1.90. The molecule has 1 heteroatoms. The summed E-state index contributed by atoms with van der Waals surface area (Å²) < 4.78 is 7.48. The molecule has 1 nitrogen and oxygen atoms in total. The van der Waals surface area contributed by atoms with Crippen molar-refractivity contribution in [1.29, 1.82) is 0 Å². The quantitative estimate of drug-likeness (QED) is 0.566. The molecule has 2 aromatic rings. The summed E-state index contributed by atoms with van der Waals surface area (Å²) in [5, 5.41) is 0.996. The maximum atomic E-state index is 7.48. The lowest BCUT2D eigenvalue weighted by Gasteiger charge is -1.90. The lowest BCUT2D eigenvalue weighted by molar-refractivity contribution is 1.44. The highest BCUT2D eigenvalue weighted by molar-refractivity contribution is 5.79. The number of fused-ring (bicyclic) bond motifs is 1. The minimum Gasteiger partial charge on any atom is -0.361 e. The molecule has 0 aliphatic heterocycles. The first kappa shape index (κ1) is 4.56. The Hall–Kier alpha value is -1.24. The van der Waals surface area contributed by atoms with Gasteiger partial charge in [0, 0.05) is 11.7 Å². The molecule has 50 valence electrons. The third-order valence-corrected chi connectivity index (χ3v) is 1.63. The van der Waals surface area contributed by atoms with Gasteiger partial charge in [-0.15, -0.1) is 0 Å². The van der Waals surface area contributed by atoms with Gasteiger partial charge in [0.1, 0.15) is 0 Å². The van der Waals surface area contributed by atoms with Crippen LogP contribution in [0.15, 0.2) is 30.4 Å². The zero-order chi connectivity index (χ0) is 7.84. The first-order valence-corrected chi connectivity index (χ1v) is 3.32. The van der Waals surface area contributed by atoms with Crippen LogP contribution in [0.4, 0.5) is 0 Å². The van der Waals surface area contributed by atoms with E-state index in [1.54, 1.807) is 6.20 Å². The molecule has 0 spiro atoms. The largest absolute Gasteiger partial charge is 0.361 e. The maximum Gasteiger partial charge on any atom is 0.0645 e. The lowest BCUT2D eigenvalue weighted by Crippen LogP contribution is -1.70. The van der Waals surface area contributed by atoms with Gasteiger partial charge in [0.25, 0.3) is 0 Å². The Labute approximate surface area is 61.1 Å². The second-order valence-electron chi connectivity index (χ2n) is 2.48. The number of aromatic amines is 1. The topological polar surface area (TPSA) is 15.8 Å². The average Bonchev–Trinajstić information content (AvgIpc) is 2.32. The SMILES string of the molecule is [2H]c1c[nH]c2cc(C)ccc12. The number of rotatable bonds is 0. The van der Waals surface area contributed by atoms with Gasteiger partial charge in [0.15, 0.2) is 0 Å². The first-order valence-electron chi connectivity index (χ1n) is 3.82. The molecule has 0 radical (unpaired) electrons. The van der Waals surface area contributed by atoms with Crippen molar-refractivity contribution in [2.75, 3.05) is 0 Å². The number of H-pyrrole nitrogens is 1. The molecule has 0 amide bonds. The van der Waals surface area contributed by atoms with E-state index in [1.165, 1.54) is 5.56 Å². The zero-order valence-electron chi connectivity index (χ0n) is 6.81. The molecule has 1 N–H and O–H groups in total. The fourth-order valence-electron chi connectivity index (χ4n) is 1.09. The summed E-state index contributed by atoms with van der Waals surface area (Å²) in [5.74, 6) is 0. The molecule has 0 unspecified atom stereocenters. The third-order valence-electron chi connectivity index (χ3n) is 1.63. The average molecular weight is 132 g/mol. The molecule has 0 aliphatic rings. The van der Waals surface area contributed by atoms with Gasteiger partial charge in [-0.1, -0.05) is 12.1 Å². The summed E-state index contributed by atoms with van der Waals surface area (Å²) in [7, 11) is 0. The fraction of sp³-hybridized carbons (Fsp3) is 0.111. The summed E-state index contributed by atoms with van der Waals surface area (Å²) in [4.78, 5) is 3.04. The van der Waals surface area contributed by atoms with E-state index in [0.29, 0.717) is 6.04 Å². The Morgan fingerprint density at radius 2 is 2.40 bits per heavy atom. The monoisotopic (exact) mass is 132 g/mol. The Bertz CT molecular complexity index is 389. The van der Waals surface area contributed by atoms with Crippen molar-refractivity contribution in [2.24, 2.45) is 0 Å². The van der Waals surface area contributed by atoms with E-state index in [0.717, 1.165) is 10.9 Å². The molecule has 0 saturated carbocycles. The summed E-state index contributed by atoms with van der Waals surface area (Å²) in [6, 6.07) is 6.62. The summed E-state index contributed by atoms with van der Waals surface area (Å²) in [6.45, 7) is 2.05. The van der Waals surface area contributed by atoms with E-state index in [-0.39, 0.29) is 0 Å². The van der Waals surface area contributed by atoms with Crippen molar-refractivity contribution >= 4 is 10.9 Å². The second-order valence-corrected chi connectivity index (χ2v) is 2.48. The number of aryl methyl sites for hydroxylation is 1. The Morgan fingerprint density at radius 3 is 3.30 bits per heavy atom. The van der Waals surface area contributed by atoms with Crippen molar-refractivity contribution < 1.29 is 1.37 Å². The molecule has 0 saturated heterocycles. The number of aromatic nitrogens is 1. The standard InChI is InChI=1S/C9H9N/c1-7-2-3-8-4-5-10-9(8)6-7/h2-6,10H,1H3/i4D. The van der Waals surface area contributed by atoms with Crippen LogP contribution in [0.1, 0.15) is 6.93 Å². The molecule has 2 rings (SSSR count). The molecular weight excluding hydrogens is 122 g/mol. The number of hydrogen-bond acceptors (Lipinski definition) is 0. The van der Waals surface area contributed by atoms with E-state index in [1.807, 2.05) is 25.1 Å². The van der Waals surface area contributed by atoms with Crippen molar-refractivity contribution in [2.45, 2.75) is 6.92 Å². The molecule has 1 aromatic heterocycles. The van der Waals surface area contributed by atoms with Crippen LogP contribution in [0.3, 0.4) is 0 Å². The summed E-state index contributed by atoms with van der Waals surface area (Å²) in [5.41, 5.74) is 2.27. The summed E-state index contributed by atoms with van der Waals surface area (Å²) in [6.07, 6.45) is 1.71. The third kappa shape index (κ3) is 0.711.